The van der Waals surface area contributed by atoms with Crippen molar-refractivity contribution in [3.63, 3.8) is 0 Å². The maximum Gasteiger partial charge on any atom is 0.342 e. The van der Waals surface area contributed by atoms with Gasteiger partial charge < -0.3 is 5.11 Å². The molecule has 0 atom stereocenters. The number of hydrogen-bond donors (Lipinski definition) is 1. The van der Waals surface area contributed by atoms with Crippen LogP contribution < -0.4 is 0 Å². The number of aryl methyl sites for hydroxylation is 2. The van der Waals surface area contributed by atoms with Gasteiger partial charge in [-0.2, -0.15) is 0 Å². The number of nitro benzene ring substituents is 1. The van der Waals surface area contributed by atoms with Gasteiger partial charge in [0.05, 0.1) is 4.92 Å². The molecule has 0 aliphatic carbocycles. The average molecular weight is 303 g/mol. The van der Waals surface area contributed by atoms with Crippen LogP contribution in [0.15, 0.2) is 46.2 Å². The van der Waals surface area contributed by atoms with Gasteiger partial charge in [-0.05, 0) is 43.2 Å². The van der Waals surface area contributed by atoms with Gasteiger partial charge in [0.2, 0.25) is 0 Å². The summed E-state index contributed by atoms with van der Waals surface area (Å²) in [5.74, 6) is -1.30. The van der Waals surface area contributed by atoms with Crippen molar-refractivity contribution in [3.05, 3.63) is 63.2 Å². The molecule has 0 amide bonds. The van der Waals surface area contributed by atoms with Crippen molar-refractivity contribution in [2.45, 2.75) is 23.6 Å². The third-order valence-corrected chi connectivity index (χ3v) is 4.12. The van der Waals surface area contributed by atoms with Gasteiger partial charge in [-0.15, -0.1) is 0 Å². The zero-order valence-corrected chi connectivity index (χ0v) is 12.3. The summed E-state index contributed by atoms with van der Waals surface area (Å²) in [6, 6.07) is 10.1. The molecule has 5 nitrogen and oxygen atoms in total. The normalized spacial score (nSPS) is 10.4. The molecule has 0 saturated carbocycles. The maximum absolute atomic E-state index is 11.1. The molecule has 2 rings (SSSR count). The Morgan fingerprint density at radius 1 is 1.19 bits per heavy atom. The van der Waals surface area contributed by atoms with Gasteiger partial charge in [0.25, 0.3) is 5.69 Å². The first kappa shape index (κ1) is 15.1. The molecule has 2 aromatic carbocycles. The van der Waals surface area contributed by atoms with Crippen LogP contribution >= 0.6 is 11.8 Å². The first-order valence-electron chi connectivity index (χ1n) is 6.15. The zero-order chi connectivity index (χ0) is 15.6. The highest BCUT2D eigenvalue weighted by Gasteiger charge is 2.20. The lowest BCUT2D eigenvalue weighted by Crippen LogP contribution is -2.02. The topological polar surface area (TPSA) is 80.4 Å². The Labute approximate surface area is 125 Å². The molecule has 0 unspecified atom stereocenters. The number of carboxylic acid groups (broad SMARTS) is 1. The monoisotopic (exact) mass is 303 g/mol. The van der Waals surface area contributed by atoms with Crippen molar-refractivity contribution < 1.29 is 14.8 Å². The molecule has 108 valence electrons. The van der Waals surface area contributed by atoms with Gasteiger partial charge in [0.1, 0.15) is 5.56 Å². The quantitative estimate of drug-likeness (QED) is 0.680. The van der Waals surface area contributed by atoms with Crippen molar-refractivity contribution in [2.24, 2.45) is 0 Å². The van der Waals surface area contributed by atoms with Crippen molar-refractivity contribution >= 4 is 23.4 Å². The standard InChI is InChI=1S/C15H13NO4S/c1-9-3-4-10(2)14(7-9)21-11-5-6-13(16(19)20)12(8-11)15(17)18/h3-8H,1-2H3,(H,17,18). The maximum atomic E-state index is 11.1. The van der Waals surface area contributed by atoms with Crippen molar-refractivity contribution in [3.8, 4) is 0 Å². The molecule has 2 aromatic rings. The third kappa shape index (κ3) is 3.41. The number of carbonyl (C=O) groups is 1. The SMILES string of the molecule is Cc1ccc(C)c(Sc2ccc([N+](=O)[O-])c(C(=O)O)c2)c1. The molecule has 1 N–H and O–H groups in total. The van der Waals surface area contributed by atoms with E-state index in [2.05, 4.69) is 0 Å². The van der Waals surface area contributed by atoms with Gasteiger partial charge in [-0.25, -0.2) is 4.79 Å². The molecule has 0 spiro atoms. The number of aromatic carboxylic acids is 1. The third-order valence-electron chi connectivity index (χ3n) is 2.97. The van der Waals surface area contributed by atoms with Gasteiger partial charge >= 0.3 is 5.97 Å². The Kier molecular flexibility index (Phi) is 4.28. The van der Waals surface area contributed by atoms with Crippen LogP contribution in [-0.2, 0) is 0 Å². The summed E-state index contributed by atoms with van der Waals surface area (Å²) in [6.45, 7) is 3.94. The van der Waals surface area contributed by atoms with E-state index in [1.54, 1.807) is 6.07 Å². The van der Waals surface area contributed by atoms with E-state index in [-0.39, 0.29) is 5.56 Å². The van der Waals surface area contributed by atoms with Crippen molar-refractivity contribution in [1.82, 2.24) is 0 Å². The summed E-state index contributed by atoms with van der Waals surface area (Å²) >= 11 is 1.39. The molecule has 0 fully saturated rings. The van der Waals surface area contributed by atoms with Crippen LogP contribution in [0.25, 0.3) is 0 Å². The minimum atomic E-state index is -1.30. The van der Waals surface area contributed by atoms with Crippen LogP contribution in [0.1, 0.15) is 21.5 Å². The summed E-state index contributed by atoms with van der Waals surface area (Å²) in [6.07, 6.45) is 0. The first-order chi connectivity index (χ1) is 9.88. The van der Waals surface area contributed by atoms with Crippen LogP contribution in [0, 0.1) is 24.0 Å². The number of nitrogens with zero attached hydrogens (tertiary/aromatic N) is 1. The summed E-state index contributed by atoms with van der Waals surface area (Å²) < 4.78 is 0. The molecule has 6 heteroatoms. The van der Waals surface area contributed by atoms with E-state index in [1.807, 2.05) is 32.0 Å². The smallest absolute Gasteiger partial charge is 0.342 e. The molecule has 0 saturated heterocycles. The zero-order valence-electron chi connectivity index (χ0n) is 11.5. The molecular formula is C15H13NO4S. The minimum Gasteiger partial charge on any atom is -0.477 e. The van der Waals surface area contributed by atoms with Crippen molar-refractivity contribution in [2.75, 3.05) is 0 Å². The van der Waals surface area contributed by atoms with Crippen LogP contribution in [0.2, 0.25) is 0 Å². The van der Waals surface area contributed by atoms with Crippen LogP contribution in [0.3, 0.4) is 0 Å². The highest BCUT2D eigenvalue weighted by molar-refractivity contribution is 7.99. The molecule has 0 aliphatic rings. The van der Waals surface area contributed by atoms with E-state index in [0.717, 1.165) is 16.0 Å². The Balaban J connectivity index is 2.41. The summed E-state index contributed by atoms with van der Waals surface area (Å²) in [5, 5.41) is 19.9. The van der Waals surface area contributed by atoms with Gasteiger partial charge in [0, 0.05) is 15.9 Å². The second kappa shape index (κ2) is 5.97. The number of hydrogen-bond acceptors (Lipinski definition) is 4. The summed E-state index contributed by atoms with van der Waals surface area (Å²) in [5.41, 5.74) is 1.48. The molecular weight excluding hydrogens is 290 g/mol. The van der Waals surface area contributed by atoms with Crippen LogP contribution in [0.5, 0.6) is 0 Å². The fourth-order valence-electron chi connectivity index (χ4n) is 1.85. The van der Waals surface area contributed by atoms with E-state index >= 15 is 0 Å². The van der Waals surface area contributed by atoms with Gasteiger partial charge in [-0.3, -0.25) is 10.1 Å². The molecule has 0 bridgehead atoms. The number of carboxylic acids is 1. The van der Waals surface area contributed by atoms with Gasteiger partial charge in [-0.1, -0.05) is 23.9 Å². The molecule has 0 heterocycles. The highest BCUT2D eigenvalue weighted by Crippen LogP contribution is 2.33. The lowest BCUT2D eigenvalue weighted by Gasteiger charge is -2.07. The number of rotatable bonds is 4. The highest BCUT2D eigenvalue weighted by atomic mass is 32.2. The van der Waals surface area contributed by atoms with Crippen molar-refractivity contribution in [1.29, 1.82) is 0 Å². The lowest BCUT2D eigenvalue weighted by molar-refractivity contribution is -0.385. The second-order valence-electron chi connectivity index (χ2n) is 4.61. The fraction of sp³-hybridized carbons (Fsp3) is 0.133. The molecule has 0 radical (unpaired) electrons. The van der Waals surface area contributed by atoms with E-state index in [0.29, 0.717) is 4.90 Å². The van der Waals surface area contributed by atoms with E-state index in [4.69, 9.17) is 5.11 Å². The largest absolute Gasteiger partial charge is 0.477 e. The summed E-state index contributed by atoms with van der Waals surface area (Å²) in [7, 11) is 0. The first-order valence-corrected chi connectivity index (χ1v) is 6.97. The van der Waals surface area contributed by atoms with E-state index in [9.17, 15) is 14.9 Å². The molecule has 21 heavy (non-hydrogen) atoms. The predicted molar refractivity (Wildman–Crippen MR) is 80.1 cm³/mol. The predicted octanol–water partition coefficient (Wildman–Crippen LogP) is 4.06. The van der Waals surface area contributed by atoms with E-state index < -0.39 is 16.6 Å². The lowest BCUT2D eigenvalue weighted by atomic mass is 10.2. The Morgan fingerprint density at radius 2 is 1.90 bits per heavy atom. The Hall–Kier alpha value is -2.34. The summed E-state index contributed by atoms with van der Waals surface area (Å²) in [4.78, 5) is 22.9. The Morgan fingerprint density at radius 3 is 2.52 bits per heavy atom. The fourth-order valence-corrected chi connectivity index (χ4v) is 2.89. The molecule has 0 aliphatic heterocycles. The number of benzene rings is 2. The minimum absolute atomic E-state index is 0.296. The van der Waals surface area contributed by atoms with Gasteiger partial charge in [0.15, 0.2) is 0 Å². The van der Waals surface area contributed by atoms with Crippen LogP contribution in [-0.4, -0.2) is 16.0 Å². The number of nitro groups is 1. The van der Waals surface area contributed by atoms with E-state index in [1.165, 1.54) is 23.9 Å². The Bertz CT molecular complexity index is 728. The van der Waals surface area contributed by atoms with Crippen LogP contribution in [0.4, 0.5) is 5.69 Å². The second-order valence-corrected chi connectivity index (χ2v) is 5.73. The molecule has 0 aromatic heterocycles. The average Bonchev–Trinajstić information content (AvgIpc) is 2.42.